The van der Waals surface area contributed by atoms with Crippen molar-refractivity contribution in [2.75, 3.05) is 0 Å². The van der Waals surface area contributed by atoms with Gasteiger partial charge in [-0.25, -0.2) is 0 Å². The molecule has 3 aromatic carbocycles. The molecule has 9 nitrogen and oxygen atoms in total. The fourth-order valence-corrected chi connectivity index (χ4v) is 4.45. The Morgan fingerprint density at radius 2 is 1.17 bits per heavy atom. The topological polar surface area (TPSA) is 122 Å². The number of Topliss-reactive ketones (excluding diaryl/α,β-unsaturated/α-hetero) is 1. The van der Waals surface area contributed by atoms with Crippen molar-refractivity contribution in [2.24, 2.45) is 5.92 Å². The summed E-state index contributed by atoms with van der Waals surface area (Å²) in [5.41, 5.74) is -0.394. The number of benzene rings is 3. The number of carbonyl (C=O) groups excluding carboxylic acids is 1. The van der Waals surface area contributed by atoms with E-state index in [-0.39, 0.29) is 28.4 Å². The zero-order valence-electron chi connectivity index (χ0n) is 18.9. The first-order chi connectivity index (χ1) is 16.9. The summed E-state index contributed by atoms with van der Waals surface area (Å²) in [6, 6.07) is 19.8. The van der Waals surface area contributed by atoms with Gasteiger partial charge >= 0.3 is 17.2 Å². The molecule has 0 N–H and O–H groups in total. The third-order valence-corrected chi connectivity index (χ3v) is 6.14. The van der Waals surface area contributed by atoms with Gasteiger partial charge in [0.05, 0.1) is 9.85 Å². The summed E-state index contributed by atoms with van der Waals surface area (Å²) in [5, 5.41) is 23.5. The summed E-state index contributed by atoms with van der Waals surface area (Å²) in [4.78, 5) is 36.4. The number of rotatable bonds is 9. The number of nitrogens with zero attached hydrogens (tertiary/aromatic N) is 2. The van der Waals surface area contributed by atoms with Crippen molar-refractivity contribution in [1.82, 2.24) is 0 Å². The Kier molecular flexibility index (Phi) is 7.05. The number of hydrogen-bond acceptors (Lipinski definition) is 7. The van der Waals surface area contributed by atoms with Crippen LogP contribution in [-0.2, 0) is 0 Å². The molecule has 35 heavy (non-hydrogen) atoms. The first-order valence-corrected chi connectivity index (χ1v) is 11.4. The molecule has 0 heterocycles. The Morgan fingerprint density at radius 3 is 1.66 bits per heavy atom. The van der Waals surface area contributed by atoms with Gasteiger partial charge in [0.1, 0.15) is 0 Å². The highest BCUT2D eigenvalue weighted by atomic mass is 16.7. The molecule has 1 aliphatic carbocycles. The van der Waals surface area contributed by atoms with E-state index >= 15 is 0 Å². The number of para-hydroxylation sites is 4. The maximum atomic E-state index is 14.1. The Balaban J connectivity index is 1.93. The van der Waals surface area contributed by atoms with E-state index in [0.717, 1.165) is 19.3 Å². The first-order valence-electron chi connectivity index (χ1n) is 11.4. The van der Waals surface area contributed by atoms with E-state index < -0.39 is 27.3 Å². The molecule has 4 rings (SSSR count). The van der Waals surface area contributed by atoms with Crippen LogP contribution in [-0.4, -0.2) is 21.4 Å². The molecule has 1 fully saturated rings. The van der Waals surface area contributed by atoms with Crippen LogP contribution in [0.25, 0.3) is 0 Å². The SMILES string of the molecule is O=C(c1ccccc1)C(Oc1ccccc1[N+](=O)[O-])(Oc1ccccc1[N+](=O)[O-])C1CCCCC1. The van der Waals surface area contributed by atoms with Gasteiger partial charge in [-0.1, -0.05) is 73.9 Å². The summed E-state index contributed by atoms with van der Waals surface area (Å²) in [7, 11) is 0. The zero-order chi connectivity index (χ0) is 24.8. The molecule has 0 unspecified atom stereocenters. The fourth-order valence-electron chi connectivity index (χ4n) is 4.45. The Labute approximate surface area is 201 Å². The molecule has 9 heteroatoms. The van der Waals surface area contributed by atoms with Crippen LogP contribution in [0.4, 0.5) is 11.4 Å². The highest BCUT2D eigenvalue weighted by Crippen LogP contribution is 2.43. The van der Waals surface area contributed by atoms with Gasteiger partial charge in [0.15, 0.2) is 0 Å². The lowest BCUT2D eigenvalue weighted by Gasteiger charge is -2.40. The summed E-state index contributed by atoms with van der Waals surface area (Å²) in [6.45, 7) is 0. The predicted molar refractivity (Wildman–Crippen MR) is 128 cm³/mol. The largest absolute Gasteiger partial charge is 0.438 e. The van der Waals surface area contributed by atoms with Gasteiger partial charge in [0, 0.05) is 23.6 Å². The second-order valence-electron chi connectivity index (χ2n) is 8.35. The molecular weight excluding hydrogens is 452 g/mol. The molecule has 1 saturated carbocycles. The fraction of sp³-hybridized carbons (Fsp3) is 0.269. The van der Waals surface area contributed by atoms with Gasteiger partial charge < -0.3 is 9.47 Å². The number of nitro groups is 2. The van der Waals surface area contributed by atoms with Crippen LogP contribution in [0, 0.1) is 26.1 Å². The molecule has 0 spiro atoms. The zero-order valence-corrected chi connectivity index (χ0v) is 18.9. The first kappa shape index (κ1) is 23.9. The van der Waals surface area contributed by atoms with Crippen LogP contribution in [0.5, 0.6) is 11.5 Å². The van der Waals surface area contributed by atoms with Gasteiger partial charge in [-0.2, -0.15) is 0 Å². The van der Waals surface area contributed by atoms with Crippen molar-refractivity contribution in [3.05, 3.63) is 105 Å². The van der Waals surface area contributed by atoms with Crippen molar-refractivity contribution in [1.29, 1.82) is 0 Å². The van der Waals surface area contributed by atoms with Crippen molar-refractivity contribution in [3.63, 3.8) is 0 Å². The number of carbonyl (C=O) groups is 1. The van der Waals surface area contributed by atoms with E-state index in [1.54, 1.807) is 42.5 Å². The summed E-state index contributed by atoms with van der Waals surface area (Å²) in [5.74, 6) is -3.40. The Morgan fingerprint density at radius 1 is 0.714 bits per heavy atom. The van der Waals surface area contributed by atoms with E-state index in [1.165, 1.54) is 36.4 Å². The highest BCUT2D eigenvalue weighted by Gasteiger charge is 2.53. The molecule has 3 aromatic rings. The minimum atomic E-state index is -2.06. The van der Waals surface area contributed by atoms with Gasteiger partial charge in [-0.05, 0) is 25.0 Å². The number of ether oxygens (including phenoxy) is 2. The molecule has 0 amide bonds. The quantitative estimate of drug-likeness (QED) is 0.158. The van der Waals surface area contributed by atoms with Crippen molar-refractivity contribution in [3.8, 4) is 11.5 Å². The number of ketones is 1. The van der Waals surface area contributed by atoms with Gasteiger partial charge in [-0.15, -0.1) is 0 Å². The van der Waals surface area contributed by atoms with E-state index in [2.05, 4.69) is 0 Å². The molecule has 0 aliphatic heterocycles. The lowest BCUT2D eigenvalue weighted by molar-refractivity contribution is -0.388. The summed E-state index contributed by atoms with van der Waals surface area (Å²) >= 11 is 0. The van der Waals surface area contributed by atoms with Crippen LogP contribution in [0.3, 0.4) is 0 Å². The predicted octanol–water partition coefficient (Wildman–Crippen LogP) is 6.12. The van der Waals surface area contributed by atoms with Crippen LogP contribution in [0.1, 0.15) is 42.5 Å². The summed E-state index contributed by atoms with van der Waals surface area (Å²) < 4.78 is 12.5. The normalized spacial score (nSPS) is 14.2. The lowest BCUT2D eigenvalue weighted by Crippen LogP contribution is -2.56. The second kappa shape index (κ2) is 10.3. The Hall–Kier alpha value is -4.27. The molecule has 0 radical (unpaired) electrons. The van der Waals surface area contributed by atoms with E-state index in [4.69, 9.17) is 9.47 Å². The second-order valence-corrected chi connectivity index (χ2v) is 8.35. The average Bonchev–Trinajstić information content (AvgIpc) is 2.89. The van der Waals surface area contributed by atoms with Crippen LogP contribution in [0.15, 0.2) is 78.9 Å². The molecule has 0 bridgehead atoms. The smallest absolute Gasteiger partial charge is 0.319 e. The maximum Gasteiger partial charge on any atom is 0.319 e. The van der Waals surface area contributed by atoms with E-state index in [9.17, 15) is 25.0 Å². The molecule has 1 aliphatic rings. The monoisotopic (exact) mass is 476 g/mol. The van der Waals surface area contributed by atoms with Gasteiger partial charge in [-0.3, -0.25) is 25.0 Å². The standard InChI is InChI=1S/C26H24N2O7/c29-25(19-11-3-1-4-12-19)26(20-13-5-2-6-14-20,34-23-17-9-7-15-21(23)27(30)31)35-24-18-10-8-16-22(24)28(32)33/h1,3-4,7-12,15-18,20H,2,5-6,13-14H2. The third kappa shape index (κ3) is 4.98. The van der Waals surface area contributed by atoms with Crippen molar-refractivity contribution in [2.45, 2.75) is 37.9 Å². The van der Waals surface area contributed by atoms with Crippen molar-refractivity contribution < 1.29 is 24.1 Å². The van der Waals surface area contributed by atoms with Crippen LogP contribution >= 0.6 is 0 Å². The van der Waals surface area contributed by atoms with Crippen LogP contribution in [0.2, 0.25) is 0 Å². The molecule has 0 saturated heterocycles. The van der Waals surface area contributed by atoms with Gasteiger partial charge in [0.25, 0.3) is 0 Å². The molecular formula is C26H24N2O7. The molecule has 0 aromatic heterocycles. The lowest BCUT2D eigenvalue weighted by atomic mass is 9.79. The summed E-state index contributed by atoms with van der Waals surface area (Å²) in [6.07, 6.45) is 3.67. The van der Waals surface area contributed by atoms with E-state index in [1.807, 2.05) is 0 Å². The third-order valence-electron chi connectivity index (χ3n) is 6.14. The Bertz CT molecular complexity index is 1160. The molecule has 180 valence electrons. The number of nitro benzene ring substituents is 2. The molecule has 0 atom stereocenters. The van der Waals surface area contributed by atoms with E-state index in [0.29, 0.717) is 12.8 Å². The minimum absolute atomic E-state index is 0.147. The maximum absolute atomic E-state index is 14.1. The van der Waals surface area contributed by atoms with Crippen LogP contribution < -0.4 is 9.47 Å². The average molecular weight is 476 g/mol. The number of hydrogen-bond donors (Lipinski definition) is 0. The highest BCUT2D eigenvalue weighted by molar-refractivity contribution is 6.02. The van der Waals surface area contributed by atoms with Crippen molar-refractivity contribution >= 4 is 17.2 Å². The minimum Gasteiger partial charge on any atom is -0.438 e. The van der Waals surface area contributed by atoms with Gasteiger partial charge in [0.2, 0.25) is 17.3 Å².